The van der Waals surface area contributed by atoms with Crippen LogP contribution in [0.1, 0.15) is 33.3 Å². The van der Waals surface area contributed by atoms with Crippen LogP contribution in [0.15, 0.2) is 48.7 Å². The normalized spacial score (nSPS) is 10.8. The van der Waals surface area contributed by atoms with E-state index in [1.54, 1.807) is 60.0 Å². The van der Waals surface area contributed by atoms with Crippen LogP contribution >= 0.6 is 11.6 Å². The highest BCUT2D eigenvalue weighted by molar-refractivity contribution is 6.30. The predicted molar refractivity (Wildman–Crippen MR) is 92.7 cm³/mol. The third-order valence-corrected chi connectivity index (χ3v) is 3.93. The van der Waals surface area contributed by atoms with E-state index in [4.69, 9.17) is 22.1 Å². The zero-order chi connectivity index (χ0) is 17.3. The van der Waals surface area contributed by atoms with Crippen LogP contribution in [0.25, 0.3) is 5.52 Å². The van der Waals surface area contributed by atoms with Crippen LogP contribution in [0, 0.1) is 0 Å². The number of rotatable bonds is 4. The second-order valence-corrected chi connectivity index (χ2v) is 5.59. The second-order valence-electron chi connectivity index (χ2n) is 5.15. The number of carbonyl (C=O) groups is 2. The number of nitrogen functional groups attached to an aromatic ring is 1. The lowest BCUT2D eigenvalue weighted by Gasteiger charge is -2.04. The SMILES string of the molecule is CCOC(=O)c1c(N)c(C(=O)c2ccc(Cl)cc2)n2ccccc12. The number of ketones is 1. The number of pyridine rings is 1. The molecule has 0 saturated heterocycles. The van der Waals surface area contributed by atoms with Gasteiger partial charge in [-0.05, 0) is 43.3 Å². The van der Waals surface area contributed by atoms with Gasteiger partial charge in [0.2, 0.25) is 5.78 Å². The number of anilines is 1. The van der Waals surface area contributed by atoms with E-state index >= 15 is 0 Å². The van der Waals surface area contributed by atoms with E-state index in [0.29, 0.717) is 16.1 Å². The standard InChI is InChI=1S/C18H15ClN2O3/c1-2-24-18(23)14-13-5-3-4-10-21(13)16(15(14)20)17(22)11-6-8-12(19)9-7-11/h3-10H,2,20H2,1H3. The van der Waals surface area contributed by atoms with Crippen LogP contribution in [0.2, 0.25) is 5.02 Å². The maximum Gasteiger partial charge on any atom is 0.342 e. The van der Waals surface area contributed by atoms with Crippen LogP contribution in [-0.2, 0) is 4.74 Å². The molecule has 0 saturated carbocycles. The van der Waals surface area contributed by atoms with Gasteiger partial charge in [-0.2, -0.15) is 0 Å². The Bertz CT molecular complexity index is 929. The number of ether oxygens (including phenoxy) is 1. The molecular formula is C18H15ClN2O3. The third kappa shape index (κ3) is 2.63. The maximum atomic E-state index is 12.9. The summed E-state index contributed by atoms with van der Waals surface area (Å²) >= 11 is 5.87. The van der Waals surface area contributed by atoms with E-state index in [2.05, 4.69) is 0 Å². The molecule has 0 atom stereocenters. The first-order chi connectivity index (χ1) is 11.5. The quantitative estimate of drug-likeness (QED) is 0.581. The largest absolute Gasteiger partial charge is 0.462 e. The highest BCUT2D eigenvalue weighted by atomic mass is 35.5. The van der Waals surface area contributed by atoms with E-state index in [1.807, 2.05) is 0 Å². The molecule has 0 bridgehead atoms. The van der Waals surface area contributed by atoms with Crippen molar-refractivity contribution in [3.8, 4) is 0 Å². The molecular weight excluding hydrogens is 328 g/mol. The molecule has 6 heteroatoms. The van der Waals surface area contributed by atoms with Crippen LogP contribution in [-0.4, -0.2) is 22.8 Å². The van der Waals surface area contributed by atoms with Crippen molar-refractivity contribution < 1.29 is 14.3 Å². The zero-order valence-electron chi connectivity index (χ0n) is 13.0. The van der Waals surface area contributed by atoms with Gasteiger partial charge in [0.1, 0.15) is 11.3 Å². The van der Waals surface area contributed by atoms with Gasteiger partial charge in [-0.1, -0.05) is 17.7 Å². The van der Waals surface area contributed by atoms with Gasteiger partial charge in [0.05, 0.1) is 17.8 Å². The van der Waals surface area contributed by atoms with E-state index in [9.17, 15) is 9.59 Å². The lowest BCUT2D eigenvalue weighted by atomic mass is 10.1. The first-order valence-electron chi connectivity index (χ1n) is 7.40. The molecule has 0 aliphatic heterocycles. The van der Waals surface area contributed by atoms with Gasteiger partial charge >= 0.3 is 5.97 Å². The van der Waals surface area contributed by atoms with E-state index < -0.39 is 5.97 Å². The van der Waals surface area contributed by atoms with E-state index in [-0.39, 0.29) is 29.3 Å². The number of nitrogens with two attached hydrogens (primary N) is 1. The van der Waals surface area contributed by atoms with Crippen LogP contribution in [0.5, 0.6) is 0 Å². The van der Waals surface area contributed by atoms with Crippen molar-refractivity contribution in [3.63, 3.8) is 0 Å². The molecule has 2 aromatic heterocycles. The summed E-state index contributed by atoms with van der Waals surface area (Å²) in [6.45, 7) is 1.94. The highest BCUT2D eigenvalue weighted by Gasteiger charge is 2.26. The summed E-state index contributed by atoms with van der Waals surface area (Å²) in [7, 11) is 0. The summed E-state index contributed by atoms with van der Waals surface area (Å²) in [6, 6.07) is 11.8. The summed E-state index contributed by atoms with van der Waals surface area (Å²) in [5, 5.41) is 0.534. The van der Waals surface area contributed by atoms with Crippen molar-refractivity contribution in [2.75, 3.05) is 12.3 Å². The molecule has 0 spiro atoms. The number of fused-ring (bicyclic) bond motifs is 1. The smallest absolute Gasteiger partial charge is 0.342 e. The topological polar surface area (TPSA) is 73.8 Å². The maximum absolute atomic E-state index is 12.9. The molecule has 0 aliphatic rings. The van der Waals surface area contributed by atoms with Crippen molar-refractivity contribution in [2.45, 2.75) is 6.92 Å². The van der Waals surface area contributed by atoms with Gasteiger partial charge in [0.25, 0.3) is 0 Å². The molecule has 5 nitrogen and oxygen atoms in total. The van der Waals surface area contributed by atoms with Gasteiger partial charge < -0.3 is 14.9 Å². The fourth-order valence-corrected chi connectivity index (χ4v) is 2.74. The molecule has 0 amide bonds. The lowest BCUT2D eigenvalue weighted by Crippen LogP contribution is -2.09. The van der Waals surface area contributed by atoms with Crippen molar-refractivity contribution in [1.82, 2.24) is 4.40 Å². The molecule has 24 heavy (non-hydrogen) atoms. The van der Waals surface area contributed by atoms with Crippen molar-refractivity contribution in [2.24, 2.45) is 0 Å². The van der Waals surface area contributed by atoms with Crippen LogP contribution in [0.4, 0.5) is 5.69 Å². The first kappa shape index (κ1) is 16.1. The monoisotopic (exact) mass is 342 g/mol. The van der Waals surface area contributed by atoms with E-state index in [0.717, 1.165) is 0 Å². The molecule has 0 aliphatic carbocycles. The Morgan fingerprint density at radius 3 is 2.54 bits per heavy atom. The number of halogens is 1. The minimum atomic E-state index is -0.547. The molecule has 3 aromatic rings. The van der Waals surface area contributed by atoms with Crippen molar-refractivity contribution in [1.29, 1.82) is 0 Å². The molecule has 0 fully saturated rings. The van der Waals surface area contributed by atoms with Gasteiger partial charge in [0.15, 0.2) is 0 Å². The summed E-state index contributed by atoms with van der Waals surface area (Å²) < 4.78 is 6.68. The molecule has 1 aromatic carbocycles. The summed E-state index contributed by atoms with van der Waals surface area (Å²) in [4.78, 5) is 25.1. The second kappa shape index (κ2) is 6.37. The minimum Gasteiger partial charge on any atom is -0.462 e. The minimum absolute atomic E-state index is 0.111. The third-order valence-electron chi connectivity index (χ3n) is 3.68. The number of benzene rings is 1. The van der Waals surface area contributed by atoms with Gasteiger partial charge in [-0.25, -0.2) is 4.79 Å². The van der Waals surface area contributed by atoms with Crippen molar-refractivity contribution >= 4 is 34.6 Å². The number of hydrogen-bond donors (Lipinski definition) is 1. The van der Waals surface area contributed by atoms with Crippen LogP contribution < -0.4 is 5.73 Å². The average Bonchev–Trinajstić information content (AvgIpc) is 2.87. The first-order valence-corrected chi connectivity index (χ1v) is 7.78. The summed E-state index contributed by atoms with van der Waals surface area (Å²) in [5.74, 6) is -0.838. The molecule has 3 rings (SSSR count). The number of aromatic nitrogens is 1. The molecule has 122 valence electrons. The lowest BCUT2D eigenvalue weighted by molar-refractivity contribution is 0.0530. The average molecular weight is 343 g/mol. The number of esters is 1. The Morgan fingerprint density at radius 1 is 1.17 bits per heavy atom. The highest BCUT2D eigenvalue weighted by Crippen LogP contribution is 2.29. The Balaban J connectivity index is 2.21. The summed E-state index contributed by atoms with van der Waals surface area (Å²) in [5.41, 5.74) is 7.66. The van der Waals surface area contributed by atoms with E-state index in [1.165, 1.54) is 0 Å². The zero-order valence-corrected chi connectivity index (χ0v) is 13.7. The fourth-order valence-electron chi connectivity index (χ4n) is 2.62. The van der Waals surface area contributed by atoms with Crippen LogP contribution in [0.3, 0.4) is 0 Å². The fraction of sp³-hybridized carbons (Fsp3) is 0.111. The van der Waals surface area contributed by atoms with Gasteiger partial charge in [-0.15, -0.1) is 0 Å². The molecule has 2 heterocycles. The Hall–Kier alpha value is -2.79. The number of carbonyl (C=O) groups excluding carboxylic acids is 2. The molecule has 0 unspecified atom stereocenters. The molecule has 0 radical (unpaired) electrons. The number of hydrogen-bond acceptors (Lipinski definition) is 4. The molecule has 2 N–H and O–H groups in total. The van der Waals surface area contributed by atoms with Gasteiger partial charge in [-0.3, -0.25) is 4.79 Å². The number of nitrogens with zero attached hydrogens (tertiary/aromatic N) is 1. The summed E-state index contributed by atoms with van der Waals surface area (Å²) in [6.07, 6.45) is 1.69. The Morgan fingerprint density at radius 2 is 1.88 bits per heavy atom. The predicted octanol–water partition coefficient (Wildman–Crippen LogP) is 3.58. The Kier molecular flexibility index (Phi) is 4.27. The van der Waals surface area contributed by atoms with Crippen molar-refractivity contribution in [3.05, 3.63) is 70.5 Å². The van der Waals surface area contributed by atoms with Gasteiger partial charge in [0, 0.05) is 16.8 Å². The Labute approximate surface area is 143 Å².